The van der Waals surface area contributed by atoms with Crippen molar-refractivity contribution in [3.8, 4) is 5.75 Å². The van der Waals surface area contributed by atoms with Gasteiger partial charge in [-0.15, -0.1) is 11.3 Å². The van der Waals surface area contributed by atoms with E-state index in [1.54, 1.807) is 29.5 Å². The third kappa shape index (κ3) is 6.03. The maximum absolute atomic E-state index is 14.8. The zero-order valence-corrected chi connectivity index (χ0v) is 21.2. The molecule has 35 heavy (non-hydrogen) atoms. The molecule has 0 amide bonds. The van der Waals surface area contributed by atoms with E-state index in [0.29, 0.717) is 42.5 Å². The van der Waals surface area contributed by atoms with Crippen LogP contribution < -0.4 is 4.74 Å². The fourth-order valence-corrected chi connectivity index (χ4v) is 6.01. The van der Waals surface area contributed by atoms with Crippen molar-refractivity contribution in [3.05, 3.63) is 58.2 Å². The number of aromatic nitrogens is 1. The molecule has 1 aliphatic rings. The molecule has 1 atom stereocenters. The standard InChI is InChI=1S/C26H29FN2O4S2/c1-33-17-4-5-20-18(13-17)25(19(27)15-28-20)21(30)6-7-26(14-24(31)32)8-10-29(11-9-26)16-22(34)23-3-2-12-35-23/h2-5,12-13,15,21,30H,6-11,14,16H2,1H3,(H,31,32)/t21-/m1/s1. The van der Waals surface area contributed by atoms with Crippen molar-refractivity contribution in [2.24, 2.45) is 5.41 Å². The molecule has 2 N–H and O–H groups in total. The molecule has 0 bridgehead atoms. The summed E-state index contributed by atoms with van der Waals surface area (Å²) in [5.41, 5.74) is 0.292. The fourth-order valence-electron chi connectivity index (χ4n) is 4.96. The lowest BCUT2D eigenvalue weighted by Gasteiger charge is -2.41. The van der Waals surface area contributed by atoms with Crippen LogP contribution in [0.2, 0.25) is 0 Å². The number of carboxylic acids is 1. The van der Waals surface area contributed by atoms with Crippen LogP contribution in [0.4, 0.5) is 4.39 Å². The molecule has 0 saturated carbocycles. The van der Waals surface area contributed by atoms with Crippen molar-refractivity contribution in [1.82, 2.24) is 9.88 Å². The predicted octanol–water partition coefficient (Wildman–Crippen LogP) is 5.23. The minimum Gasteiger partial charge on any atom is -0.497 e. The first kappa shape index (κ1) is 25.6. The van der Waals surface area contributed by atoms with Crippen molar-refractivity contribution < 1.29 is 24.1 Å². The number of thiophene rings is 1. The molecule has 9 heteroatoms. The van der Waals surface area contributed by atoms with Crippen LogP contribution in [0.5, 0.6) is 5.75 Å². The zero-order chi connectivity index (χ0) is 25.0. The first-order chi connectivity index (χ1) is 16.8. The summed E-state index contributed by atoms with van der Waals surface area (Å²) in [5.74, 6) is -0.886. The number of aliphatic carboxylic acids is 1. The van der Waals surface area contributed by atoms with Crippen molar-refractivity contribution >= 4 is 45.3 Å². The van der Waals surface area contributed by atoms with E-state index >= 15 is 0 Å². The smallest absolute Gasteiger partial charge is 0.303 e. The van der Waals surface area contributed by atoms with Gasteiger partial charge in [0, 0.05) is 27.2 Å². The molecule has 1 fully saturated rings. The molecular weight excluding hydrogens is 487 g/mol. The zero-order valence-electron chi connectivity index (χ0n) is 19.6. The average molecular weight is 517 g/mol. The summed E-state index contributed by atoms with van der Waals surface area (Å²) in [6, 6.07) is 9.14. The van der Waals surface area contributed by atoms with E-state index < -0.39 is 23.3 Å². The van der Waals surface area contributed by atoms with Crippen LogP contribution in [0.3, 0.4) is 0 Å². The van der Waals surface area contributed by atoms with Crippen molar-refractivity contribution in [3.63, 3.8) is 0 Å². The molecule has 0 spiro atoms. The molecule has 3 aromatic rings. The van der Waals surface area contributed by atoms with Crippen molar-refractivity contribution in [2.75, 3.05) is 26.7 Å². The number of halogens is 1. The Morgan fingerprint density at radius 3 is 2.77 bits per heavy atom. The number of likely N-dealkylation sites (tertiary alicyclic amines) is 1. The number of hydrogen-bond acceptors (Lipinski definition) is 7. The number of fused-ring (bicyclic) bond motifs is 1. The highest BCUT2D eigenvalue weighted by Gasteiger charge is 2.37. The van der Waals surface area contributed by atoms with Gasteiger partial charge in [-0.05, 0) is 73.8 Å². The number of aliphatic hydroxyl groups is 1. The lowest BCUT2D eigenvalue weighted by Crippen LogP contribution is -2.43. The van der Waals surface area contributed by atoms with Crippen LogP contribution in [-0.2, 0) is 4.79 Å². The van der Waals surface area contributed by atoms with Gasteiger partial charge in [0.15, 0.2) is 0 Å². The number of piperidine rings is 1. The van der Waals surface area contributed by atoms with Crippen LogP contribution in [0.1, 0.15) is 48.6 Å². The van der Waals surface area contributed by atoms with E-state index in [9.17, 15) is 19.4 Å². The number of rotatable bonds is 10. The van der Waals surface area contributed by atoms with E-state index in [1.165, 1.54) is 7.11 Å². The average Bonchev–Trinajstić information content (AvgIpc) is 3.38. The normalized spacial score (nSPS) is 16.8. The number of ether oxygens (including phenoxy) is 1. The number of aliphatic hydroxyl groups excluding tert-OH is 1. The van der Waals surface area contributed by atoms with Crippen LogP contribution in [-0.4, -0.2) is 57.7 Å². The Labute approximate surface area is 213 Å². The Morgan fingerprint density at radius 1 is 1.34 bits per heavy atom. The van der Waals surface area contributed by atoms with Crippen LogP contribution in [0.15, 0.2) is 41.9 Å². The maximum Gasteiger partial charge on any atom is 0.303 e. The quantitative estimate of drug-likeness (QED) is 0.282. The summed E-state index contributed by atoms with van der Waals surface area (Å²) < 4.78 is 20.1. The minimum atomic E-state index is -1.08. The predicted molar refractivity (Wildman–Crippen MR) is 139 cm³/mol. The highest BCUT2D eigenvalue weighted by Crippen LogP contribution is 2.42. The molecule has 0 aliphatic carbocycles. The van der Waals surface area contributed by atoms with Gasteiger partial charge in [0.1, 0.15) is 11.6 Å². The number of carboxylic acid groups (broad SMARTS) is 1. The SMILES string of the molecule is COc1ccc2ncc(F)c([C@H](O)CCC3(CC(=O)O)CCN(CC(=S)c4cccs4)CC3)c2c1. The van der Waals surface area contributed by atoms with Crippen molar-refractivity contribution in [2.45, 2.75) is 38.2 Å². The summed E-state index contributed by atoms with van der Waals surface area (Å²) in [6.45, 7) is 2.15. The largest absolute Gasteiger partial charge is 0.497 e. The van der Waals surface area contributed by atoms with E-state index in [0.717, 1.165) is 29.0 Å². The Morgan fingerprint density at radius 2 is 2.11 bits per heavy atom. The summed E-state index contributed by atoms with van der Waals surface area (Å²) in [5, 5.41) is 23.2. The first-order valence-electron chi connectivity index (χ1n) is 11.6. The number of benzene rings is 1. The highest BCUT2D eigenvalue weighted by molar-refractivity contribution is 7.81. The molecule has 6 nitrogen and oxygen atoms in total. The van der Waals surface area contributed by atoms with Gasteiger partial charge in [-0.3, -0.25) is 14.7 Å². The van der Waals surface area contributed by atoms with Gasteiger partial charge >= 0.3 is 5.97 Å². The molecular formula is C26H29FN2O4S2. The number of methoxy groups -OCH3 is 1. The molecule has 2 aromatic heterocycles. The molecule has 186 valence electrons. The maximum atomic E-state index is 14.8. The number of thiocarbonyl (C=S) groups is 1. The van der Waals surface area contributed by atoms with Crippen LogP contribution in [0, 0.1) is 11.2 Å². The number of pyridine rings is 1. The second-order valence-corrected chi connectivity index (χ2v) is 10.6. The van der Waals surface area contributed by atoms with Crippen LogP contribution >= 0.6 is 23.6 Å². The summed E-state index contributed by atoms with van der Waals surface area (Å²) >= 11 is 7.21. The third-order valence-electron chi connectivity index (χ3n) is 6.96. The van der Waals surface area contributed by atoms with Gasteiger partial charge in [0.05, 0.1) is 31.3 Å². The number of carbonyl (C=O) groups is 1. The van der Waals surface area contributed by atoms with E-state index in [2.05, 4.69) is 9.88 Å². The number of hydrogen-bond donors (Lipinski definition) is 2. The molecule has 1 aliphatic heterocycles. The Bertz CT molecular complexity index is 1190. The molecule has 3 heterocycles. The topological polar surface area (TPSA) is 82.9 Å². The number of nitrogens with zero attached hydrogens (tertiary/aromatic N) is 2. The van der Waals surface area contributed by atoms with Gasteiger partial charge in [0.2, 0.25) is 0 Å². The van der Waals surface area contributed by atoms with E-state index in [4.69, 9.17) is 17.0 Å². The second kappa shape index (κ2) is 11.1. The lowest BCUT2D eigenvalue weighted by molar-refractivity contribution is -0.141. The van der Waals surface area contributed by atoms with Gasteiger partial charge < -0.3 is 14.9 Å². The highest BCUT2D eigenvalue weighted by atomic mass is 32.1. The molecule has 0 radical (unpaired) electrons. The molecule has 4 rings (SSSR count). The molecule has 1 saturated heterocycles. The minimum absolute atomic E-state index is 0.0241. The molecule has 0 unspecified atom stereocenters. The summed E-state index contributed by atoms with van der Waals surface area (Å²) in [4.78, 5) is 20.1. The second-order valence-electron chi connectivity index (χ2n) is 9.20. The van der Waals surface area contributed by atoms with E-state index in [1.807, 2.05) is 17.5 Å². The van der Waals surface area contributed by atoms with Gasteiger partial charge in [-0.1, -0.05) is 18.3 Å². The van der Waals surface area contributed by atoms with Gasteiger partial charge in [0.25, 0.3) is 0 Å². The monoisotopic (exact) mass is 516 g/mol. The van der Waals surface area contributed by atoms with Gasteiger partial charge in [-0.25, -0.2) is 4.39 Å². The molecule has 1 aromatic carbocycles. The summed E-state index contributed by atoms with van der Waals surface area (Å²) in [7, 11) is 1.53. The Hall–Kier alpha value is -2.46. The Balaban J connectivity index is 1.46. The van der Waals surface area contributed by atoms with Crippen molar-refractivity contribution in [1.29, 1.82) is 0 Å². The van der Waals surface area contributed by atoms with Crippen LogP contribution in [0.25, 0.3) is 10.9 Å². The van der Waals surface area contributed by atoms with E-state index in [-0.39, 0.29) is 18.4 Å². The fraction of sp³-hybridized carbons (Fsp3) is 0.423. The lowest BCUT2D eigenvalue weighted by atomic mass is 9.71. The Kier molecular flexibility index (Phi) is 8.11. The third-order valence-corrected chi connectivity index (χ3v) is 8.36. The van der Waals surface area contributed by atoms with Gasteiger partial charge in [-0.2, -0.15) is 0 Å². The summed E-state index contributed by atoms with van der Waals surface area (Å²) in [6.07, 6.45) is 2.18. The first-order valence-corrected chi connectivity index (χ1v) is 12.9.